The summed E-state index contributed by atoms with van der Waals surface area (Å²) in [4.78, 5) is 11.4. The van der Waals surface area contributed by atoms with E-state index >= 15 is 0 Å². The zero-order valence-corrected chi connectivity index (χ0v) is 14.5. The molecule has 24 heavy (non-hydrogen) atoms. The van der Waals surface area contributed by atoms with Crippen LogP contribution in [0.2, 0.25) is 0 Å². The second kappa shape index (κ2) is 5.28. The maximum absolute atomic E-state index is 13.5. The summed E-state index contributed by atoms with van der Waals surface area (Å²) >= 11 is 4.16. The summed E-state index contributed by atoms with van der Waals surface area (Å²) in [6.45, 7) is 3.80. The molecule has 0 aromatic heterocycles. The Bertz CT molecular complexity index is 580. The van der Waals surface area contributed by atoms with E-state index in [0.717, 1.165) is 12.8 Å². The van der Waals surface area contributed by atoms with E-state index in [2.05, 4.69) is 19.6 Å². The maximum atomic E-state index is 13.5. The first-order valence-corrected chi connectivity index (χ1v) is 8.97. The van der Waals surface area contributed by atoms with Crippen molar-refractivity contribution >= 4 is 12.6 Å². The van der Waals surface area contributed by atoms with Crippen LogP contribution in [0.4, 0.5) is 13.2 Å². The lowest BCUT2D eigenvalue weighted by molar-refractivity contribution is -0.557. The van der Waals surface area contributed by atoms with Gasteiger partial charge in [-0.05, 0) is 37.7 Å². The summed E-state index contributed by atoms with van der Waals surface area (Å²) in [6.07, 6.45) is -2.93. The standard InChI is InChI=1S/C16H21F3O4S/c1-8-3-4-11-9(7-24)12(16(17,18)19)20-13-15(11)10(8)5-6-14(2,21-13)22-23-15/h8,10-11,13,24H,3-7H2,1-2H3/t8-,10?,11+,13?,14+,15-/m1/s1. The molecule has 1 spiro atoms. The highest BCUT2D eigenvalue weighted by Gasteiger charge is 2.69. The molecule has 0 N–H and O–H groups in total. The number of alkyl halides is 3. The topological polar surface area (TPSA) is 36.9 Å². The zero-order valence-electron chi connectivity index (χ0n) is 13.6. The molecule has 4 aliphatic heterocycles. The molecule has 4 fully saturated rings. The largest absolute Gasteiger partial charge is 0.456 e. The van der Waals surface area contributed by atoms with Gasteiger partial charge < -0.3 is 9.47 Å². The Morgan fingerprint density at radius 1 is 1.21 bits per heavy atom. The number of halogens is 3. The van der Waals surface area contributed by atoms with Crippen LogP contribution in [0.3, 0.4) is 0 Å². The third-order valence-electron chi connectivity index (χ3n) is 6.08. The minimum atomic E-state index is -4.57. The highest BCUT2D eigenvalue weighted by atomic mass is 32.1. The van der Waals surface area contributed by atoms with Crippen LogP contribution < -0.4 is 0 Å². The summed E-state index contributed by atoms with van der Waals surface area (Å²) in [5, 5.41) is 0. The second-order valence-electron chi connectivity index (χ2n) is 7.48. The van der Waals surface area contributed by atoms with Crippen LogP contribution >= 0.6 is 12.6 Å². The van der Waals surface area contributed by atoms with Crippen molar-refractivity contribution in [2.75, 3.05) is 5.75 Å². The van der Waals surface area contributed by atoms with Gasteiger partial charge in [0.25, 0.3) is 0 Å². The van der Waals surface area contributed by atoms with Crippen molar-refractivity contribution in [2.24, 2.45) is 17.8 Å². The van der Waals surface area contributed by atoms with Crippen molar-refractivity contribution in [3.63, 3.8) is 0 Å². The number of thiol groups is 1. The lowest BCUT2D eigenvalue weighted by atomic mass is 9.59. The average Bonchev–Trinajstić information content (AvgIpc) is 2.74. The Labute approximate surface area is 144 Å². The molecule has 3 saturated heterocycles. The summed E-state index contributed by atoms with van der Waals surface area (Å²) in [7, 11) is 0. The number of fused-ring (bicyclic) bond motifs is 2. The Hall–Kier alpha value is -0.440. The molecule has 5 aliphatic rings. The van der Waals surface area contributed by atoms with E-state index < -0.39 is 35.5 Å². The maximum Gasteiger partial charge on any atom is 0.449 e. The predicted octanol–water partition coefficient (Wildman–Crippen LogP) is 3.98. The first kappa shape index (κ1) is 17.0. The quantitative estimate of drug-likeness (QED) is 0.563. The summed E-state index contributed by atoms with van der Waals surface area (Å²) in [5.41, 5.74) is -0.878. The fraction of sp³-hybridized carbons (Fsp3) is 0.875. The molecule has 4 heterocycles. The Kier molecular flexibility index (Phi) is 3.74. The molecule has 6 atom stereocenters. The van der Waals surface area contributed by atoms with Crippen LogP contribution in [-0.4, -0.2) is 29.6 Å². The number of hydrogen-bond donors (Lipinski definition) is 1. The second-order valence-corrected chi connectivity index (χ2v) is 7.80. The molecule has 0 amide bonds. The monoisotopic (exact) mass is 366 g/mol. The summed E-state index contributed by atoms with van der Waals surface area (Å²) < 4.78 is 51.9. The van der Waals surface area contributed by atoms with Crippen LogP contribution in [0.1, 0.15) is 39.5 Å². The first-order chi connectivity index (χ1) is 11.2. The SMILES string of the molecule is C[C@@H]1CC[C@H]2C(CS)=C(C(F)(F)F)OC3O[C@]4(C)CCC1[C@]32OO4. The number of rotatable bonds is 1. The zero-order chi connectivity index (χ0) is 17.3. The molecule has 1 aliphatic carbocycles. The van der Waals surface area contributed by atoms with E-state index in [1.54, 1.807) is 6.92 Å². The molecule has 2 bridgehead atoms. The fourth-order valence-corrected chi connectivity index (χ4v) is 5.28. The van der Waals surface area contributed by atoms with E-state index in [0.29, 0.717) is 18.8 Å². The fourth-order valence-electron chi connectivity index (χ4n) is 4.92. The molecular weight excluding hydrogens is 345 g/mol. The number of ether oxygens (including phenoxy) is 2. The van der Waals surface area contributed by atoms with Gasteiger partial charge in [-0.2, -0.15) is 25.8 Å². The van der Waals surface area contributed by atoms with Gasteiger partial charge in [-0.25, -0.2) is 9.78 Å². The lowest BCUT2D eigenvalue weighted by Crippen LogP contribution is -2.67. The molecule has 4 nitrogen and oxygen atoms in total. The minimum Gasteiger partial charge on any atom is -0.456 e. The third-order valence-corrected chi connectivity index (χ3v) is 6.42. The van der Waals surface area contributed by atoms with Gasteiger partial charge in [-0.1, -0.05) is 6.92 Å². The van der Waals surface area contributed by atoms with Crippen molar-refractivity contribution in [1.29, 1.82) is 0 Å². The minimum absolute atomic E-state index is 0.0234. The highest BCUT2D eigenvalue weighted by molar-refractivity contribution is 7.80. The predicted molar refractivity (Wildman–Crippen MR) is 80.8 cm³/mol. The molecule has 0 aromatic rings. The molecule has 136 valence electrons. The molecule has 0 aromatic carbocycles. The molecular formula is C16H21F3O4S. The molecule has 5 rings (SSSR count). The van der Waals surface area contributed by atoms with Gasteiger partial charge in [0, 0.05) is 24.0 Å². The van der Waals surface area contributed by atoms with E-state index in [1.807, 2.05) is 0 Å². The lowest BCUT2D eigenvalue weighted by Gasteiger charge is -2.57. The molecule has 8 heteroatoms. The smallest absolute Gasteiger partial charge is 0.449 e. The van der Waals surface area contributed by atoms with Crippen molar-refractivity contribution in [1.82, 2.24) is 0 Å². The van der Waals surface area contributed by atoms with Gasteiger partial charge in [0.15, 0.2) is 5.60 Å². The highest BCUT2D eigenvalue weighted by Crippen LogP contribution is 2.61. The Morgan fingerprint density at radius 3 is 2.62 bits per heavy atom. The first-order valence-electron chi connectivity index (χ1n) is 8.33. The van der Waals surface area contributed by atoms with Gasteiger partial charge >= 0.3 is 6.18 Å². The van der Waals surface area contributed by atoms with E-state index in [4.69, 9.17) is 19.2 Å². The molecule has 1 saturated carbocycles. The molecule has 0 radical (unpaired) electrons. The van der Waals surface area contributed by atoms with E-state index in [-0.39, 0.29) is 17.2 Å². The summed E-state index contributed by atoms with van der Waals surface area (Å²) in [6, 6.07) is 0. The third kappa shape index (κ3) is 2.19. The van der Waals surface area contributed by atoms with Crippen molar-refractivity contribution in [3.05, 3.63) is 11.3 Å². The van der Waals surface area contributed by atoms with Crippen molar-refractivity contribution in [3.8, 4) is 0 Å². The van der Waals surface area contributed by atoms with Crippen molar-refractivity contribution in [2.45, 2.75) is 63.4 Å². The van der Waals surface area contributed by atoms with Crippen LogP contribution in [-0.2, 0) is 19.2 Å². The van der Waals surface area contributed by atoms with Gasteiger partial charge in [0.1, 0.15) is 0 Å². The number of hydrogen-bond acceptors (Lipinski definition) is 5. The Balaban J connectivity index is 1.88. The van der Waals surface area contributed by atoms with Gasteiger partial charge in [0.05, 0.1) is 0 Å². The summed E-state index contributed by atoms with van der Waals surface area (Å²) in [5.74, 6) is -2.22. The van der Waals surface area contributed by atoms with Crippen LogP contribution in [0.5, 0.6) is 0 Å². The Morgan fingerprint density at radius 2 is 1.96 bits per heavy atom. The van der Waals surface area contributed by atoms with Gasteiger partial charge in [-0.3, -0.25) is 0 Å². The molecule has 2 unspecified atom stereocenters. The van der Waals surface area contributed by atoms with Gasteiger partial charge in [-0.15, -0.1) is 0 Å². The normalized spacial score (nSPS) is 47.9. The van der Waals surface area contributed by atoms with Crippen LogP contribution in [0, 0.1) is 17.8 Å². The van der Waals surface area contributed by atoms with E-state index in [1.165, 1.54) is 0 Å². The average molecular weight is 366 g/mol. The van der Waals surface area contributed by atoms with E-state index in [9.17, 15) is 13.2 Å². The van der Waals surface area contributed by atoms with Crippen molar-refractivity contribution < 1.29 is 32.4 Å². The number of allylic oxidation sites excluding steroid dienone is 1. The van der Waals surface area contributed by atoms with Crippen LogP contribution in [0.25, 0.3) is 0 Å². The van der Waals surface area contributed by atoms with Crippen LogP contribution in [0.15, 0.2) is 11.3 Å². The van der Waals surface area contributed by atoms with Gasteiger partial charge in [0.2, 0.25) is 17.8 Å².